The standard InChI is InChI=1S/C19H20FN3O2S/c1-22(2)11-12-23(18(24)13-7-4-5-8-14(13)20)19-21-17-15(25-3)9-6-10-16(17)26-19/h4-10H,11-12H2,1-3H3. The van der Waals surface area contributed by atoms with Crippen molar-refractivity contribution in [2.45, 2.75) is 0 Å². The molecule has 1 aromatic heterocycles. The third-order valence-corrected chi connectivity index (χ3v) is 4.99. The number of carbonyl (C=O) groups is 1. The fraction of sp³-hybridized carbons (Fsp3) is 0.263. The molecule has 0 fully saturated rings. The van der Waals surface area contributed by atoms with Crippen LogP contribution < -0.4 is 9.64 Å². The number of para-hydroxylation sites is 1. The van der Waals surface area contributed by atoms with Crippen LogP contribution in [0.4, 0.5) is 9.52 Å². The van der Waals surface area contributed by atoms with E-state index in [4.69, 9.17) is 4.74 Å². The Morgan fingerprint density at radius 3 is 2.62 bits per heavy atom. The van der Waals surface area contributed by atoms with Gasteiger partial charge in [-0.3, -0.25) is 9.69 Å². The van der Waals surface area contributed by atoms with Crippen LogP contribution in [0, 0.1) is 5.82 Å². The molecule has 7 heteroatoms. The Labute approximate surface area is 155 Å². The number of fused-ring (bicyclic) bond motifs is 1. The fourth-order valence-corrected chi connectivity index (χ4v) is 3.56. The minimum absolute atomic E-state index is 0.0393. The number of amides is 1. The fourth-order valence-electron chi connectivity index (χ4n) is 2.56. The van der Waals surface area contributed by atoms with Crippen molar-refractivity contribution in [1.82, 2.24) is 9.88 Å². The van der Waals surface area contributed by atoms with E-state index in [-0.39, 0.29) is 5.56 Å². The highest BCUT2D eigenvalue weighted by Gasteiger charge is 2.24. The van der Waals surface area contributed by atoms with Gasteiger partial charge in [0.25, 0.3) is 5.91 Å². The van der Waals surface area contributed by atoms with Gasteiger partial charge in [-0.05, 0) is 38.4 Å². The maximum atomic E-state index is 14.1. The largest absolute Gasteiger partial charge is 0.494 e. The van der Waals surface area contributed by atoms with Gasteiger partial charge in [-0.15, -0.1) is 0 Å². The van der Waals surface area contributed by atoms with E-state index >= 15 is 0 Å². The Kier molecular flexibility index (Phi) is 5.49. The second kappa shape index (κ2) is 7.80. The van der Waals surface area contributed by atoms with Crippen molar-refractivity contribution in [1.29, 1.82) is 0 Å². The zero-order valence-electron chi connectivity index (χ0n) is 14.9. The summed E-state index contributed by atoms with van der Waals surface area (Å²) in [5.41, 5.74) is 0.740. The summed E-state index contributed by atoms with van der Waals surface area (Å²) in [6.07, 6.45) is 0. The lowest BCUT2D eigenvalue weighted by Gasteiger charge is -2.22. The first kappa shape index (κ1) is 18.3. The van der Waals surface area contributed by atoms with Crippen LogP contribution >= 0.6 is 11.3 Å². The number of aromatic nitrogens is 1. The summed E-state index contributed by atoms with van der Waals surface area (Å²) in [7, 11) is 5.43. The van der Waals surface area contributed by atoms with E-state index < -0.39 is 11.7 Å². The zero-order chi connectivity index (χ0) is 18.7. The number of nitrogens with zero attached hydrogens (tertiary/aromatic N) is 3. The van der Waals surface area contributed by atoms with E-state index in [1.165, 1.54) is 28.4 Å². The SMILES string of the molecule is COc1cccc2sc(N(CCN(C)C)C(=O)c3ccccc3F)nc12. The second-order valence-electron chi connectivity index (χ2n) is 6.04. The Morgan fingerprint density at radius 1 is 1.15 bits per heavy atom. The average Bonchev–Trinajstić information content (AvgIpc) is 3.05. The summed E-state index contributed by atoms with van der Waals surface area (Å²) >= 11 is 1.39. The lowest BCUT2D eigenvalue weighted by Crippen LogP contribution is -2.37. The number of carbonyl (C=O) groups excluding carboxylic acids is 1. The van der Waals surface area contributed by atoms with Crippen LogP contribution in [0.15, 0.2) is 42.5 Å². The number of likely N-dealkylation sites (N-methyl/N-ethyl adjacent to an activating group) is 1. The van der Waals surface area contributed by atoms with Crippen molar-refractivity contribution in [2.24, 2.45) is 0 Å². The summed E-state index contributed by atoms with van der Waals surface area (Å²) in [6.45, 7) is 1.04. The molecule has 136 valence electrons. The van der Waals surface area contributed by atoms with Gasteiger partial charge in [-0.1, -0.05) is 29.5 Å². The van der Waals surface area contributed by atoms with E-state index in [0.29, 0.717) is 29.5 Å². The molecule has 0 atom stereocenters. The molecule has 0 bridgehead atoms. The van der Waals surface area contributed by atoms with Gasteiger partial charge in [0.2, 0.25) is 0 Å². The van der Waals surface area contributed by atoms with Gasteiger partial charge in [-0.2, -0.15) is 0 Å². The first-order valence-electron chi connectivity index (χ1n) is 8.16. The Morgan fingerprint density at radius 2 is 1.92 bits per heavy atom. The first-order valence-corrected chi connectivity index (χ1v) is 8.97. The number of benzene rings is 2. The topological polar surface area (TPSA) is 45.7 Å². The maximum Gasteiger partial charge on any atom is 0.263 e. The molecule has 3 aromatic rings. The smallest absolute Gasteiger partial charge is 0.263 e. The molecule has 3 rings (SSSR count). The number of methoxy groups -OCH3 is 1. The minimum Gasteiger partial charge on any atom is -0.494 e. The van der Waals surface area contributed by atoms with Gasteiger partial charge in [0.1, 0.15) is 17.1 Å². The third kappa shape index (κ3) is 3.68. The number of thiazole rings is 1. The van der Waals surface area contributed by atoms with E-state index in [2.05, 4.69) is 4.98 Å². The van der Waals surface area contributed by atoms with Crippen molar-refractivity contribution >= 4 is 32.6 Å². The van der Waals surface area contributed by atoms with Crippen LogP contribution in [-0.2, 0) is 0 Å². The summed E-state index contributed by atoms with van der Waals surface area (Å²) in [5, 5.41) is 0.527. The Balaban J connectivity index is 2.04. The number of halogens is 1. The quantitative estimate of drug-likeness (QED) is 0.662. The van der Waals surface area contributed by atoms with Crippen LogP contribution in [0.3, 0.4) is 0 Å². The van der Waals surface area contributed by atoms with Gasteiger partial charge < -0.3 is 9.64 Å². The number of hydrogen-bond donors (Lipinski definition) is 0. The van der Waals surface area contributed by atoms with E-state index in [9.17, 15) is 9.18 Å². The molecular formula is C19H20FN3O2S. The molecule has 0 saturated carbocycles. The summed E-state index contributed by atoms with van der Waals surface area (Å²) in [5.74, 6) is -0.287. The molecule has 0 aliphatic carbocycles. The van der Waals surface area contributed by atoms with Crippen LogP contribution in [-0.4, -0.2) is 50.1 Å². The normalized spacial score (nSPS) is 11.1. The molecule has 5 nitrogen and oxygen atoms in total. The van der Waals surface area contributed by atoms with Crippen molar-refractivity contribution in [3.8, 4) is 5.75 Å². The Hall–Kier alpha value is -2.51. The maximum absolute atomic E-state index is 14.1. The van der Waals surface area contributed by atoms with Gasteiger partial charge in [0.15, 0.2) is 5.13 Å². The Bertz CT molecular complexity index is 926. The molecule has 0 unspecified atom stereocenters. The summed E-state index contributed by atoms with van der Waals surface area (Å²) in [4.78, 5) is 21.1. The highest BCUT2D eigenvalue weighted by Crippen LogP contribution is 2.34. The molecule has 0 spiro atoms. The van der Waals surface area contributed by atoms with Crippen LogP contribution in [0.2, 0.25) is 0 Å². The summed E-state index contributed by atoms with van der Waals surface area (Å²) in [6, 6.07) is 11.6. The lowest BCUT2D eigenvalue weighted by molar-refractivity contribution is 0.0981. The first-order chi connectivity index (χ1) is 12.5. The highest BCUT2D eigenvalue weighted by molar-refractivity contribution is 7.22. The predicted octanol–water partition coefficient (Wildman–Crippen LogP) is 3.65. The molecule has 1 amide bonds. The number of rotatable bonds is 6. The zero-order valence-corrected chi connectivity index (χ0v) is 15.7. The van der Waals surface area contributed by atoms with Crippen LogP contribution in [0.1, 0.15) is 10.4 Å². The lowest BCUT2D eigenvalue weighted by atomic mass is 10.2. The summed E-state index contributed by atoms with van der Waals surface area (Å²) < 4.78 is 20.4. The van der Waals surface area contributed by atoms with Crippen molar-refractivity contribution in [2.75, 3.05) is 39.2 Å². The van der Waals surface area contributed by atoms with Crippen LogP contribution in [0.25, 0.3) is 10.2 Å². The molecule has 0 saturated heterocycles. The third-order valence-electron chi connectivity index (χ3n) is 3.94. The van der Waals surface area contributed by atoms with Crippen LogP contribution in [0.5, 0.6) is 5.75 Å². The predicted molar refractivity (Wildman–Crippen MR) is 103 cm³/mol. The van der Waals surface area contributed by atoms with E-state index in [1.54, 1.807) is 19.2 Å². The van der Waals surface area contributed by atoms with Crippen molar-refractivity contribution in [3.05, 3.63) is 53.8 Å². The van der Waals surface area contributed by atoms with Gasteiger partial charge >= 0.3 is 0 Å². The van der Waals surface area contributed by atoms with E-state index in [0.717, 1.165) is 4.70 Å². The minimum atomic E-state index is -0.536. The molecular weight excluding hydrogens is 353 g/mol. The number of ether oxygens (including phenoxy) is 1. The van der Waals surface area contributed by atoms with Gasteiger partial charge in [0, 0.05) is 13.1 Å². The molecule has 0 radical (unpaired) electrons. The molecule has 2 aromatic carbocycles. The van der Waals surface area contributed by atoms with E-state index in [1.807, 2.05) is 37.2 Å². The highest BCUT2D eigenvalue weighted by atomic mass is 32.1. The second-order valence-corrected chi connectivity index (χ2v) is 7.05. The van der Waals surface area contributed by atoms with Gasteiger partial charge in [-0.25, -0.2) is 9.37 Å². The molecule has 0 N–H and O–H groups in total. The average molecular weight is 373 g/mol. The molecule has 1 heterocycles. The van der Waals surface area contributed by atoms with Crippen molar-refractivity contribution < 1.29 is 13.9 Å². The molecule has 0 aliphatic heterocycles. The monoisotopic (exact) mass is 373 g/mol. The van der Waals surface area contributed by atoms with Crippen molar-refractivity contribution in [3.63, 3.8) is 0 Å². The molecule has 0 aliphatic rings. The number of hydrogen-bond acceptors (Lipinski definition) is 5. The number of anilines is 1. The van der Waals surface area contributed by atoms with Gasteiger partial charge in [0.05, 0.1) is 17.4 Å². The molecule has 26 heavy (non-hydrogen) atoms.